The lowest BCUT2D eigenvalue weighted by molar-refractivity contribution is -0.254. The maximum Gasteiger partial charge on any atom is 0.438 e. The summed E-state index contributed by atoms with van der Waals surface area (Å²) in [6.45, 7) is 5.20. The van der Waals surface area contributed by atoms with Crippen LogP contribution in [0.15, 0.2) is 34.7 Å². The van der Waals surface area contributed by atoms with E-state index in [1.807, 2.05) is 0 Å². The van der Waals surface area contributed by atoms with Gasteiger partial charge >= 0.3 is 6.18 Å². The van der Waals surface area contributed by atoms with E-state index in [9.17, 15) is 22.7 Å². The number of hydrazone groups is 1. The average Bonchev–Trinajstić information content (AvgIpc) is 3.12. The standard InChI is InChI=1S/C17H17F4N3OS/c1-15(2,3)13-8-16(25,17(19,20)21)24(23-13)14-22-12(9-26-14)10-4-6-11(18)7-5-10/h4-7,9,25H,8H2,1-3H3/t16-/m0/s1. The van der Waals surface area contributed by atoms with Gasteiger partial charge in [0.2, 0.25) is 5.13 Å². The van der Waals surface area contributed by atoms with Crippen LogP contribution in [0.25, 0.3) is 11.3 Å². The normalized spacial score (nSPS) is 21.2. The van der Waals surface area contributed by atoms with Gasteiger partial charge in [-0.25, -0.2) is 9.37 Å². The van der Waals surface area contributed by atoms with Crippen molar-refractivity contribution in [2.45, 2.75) is 39.1 Å². The minimum atomic E-state index is -4.91. The third-order valence-corrected chi connectivity index (χ3v) is 4.93. The van der Waals surface area contributed by atoms with Crippen LogP contribution in [-0.2, 0) is 0 Å². The van der Waals surface area contributed by atoms with Crippen molar-refractivity contribution in [1.82, 2.24) is 4.98 Å². The molecule has 140 valence electrons. The maximum absolute atomic E-state index is 13.6. The topological polar surface area (TPSA) is 48.7 Å². The highest BCUT2D eigenvalue weighted by Crippen LogP contribution is 2.46. The molecule has 2 aromatic rings. The quantitative estimate of drug-likeness (QED) is 0.752. The van der Waals surface area contributed by atoms with Crippen LogP contribution in [0.2, 0.25) is 0 Å². The molecule has 26 heavy (non-hydrogen) atoms. The molecule has 0 saturated carbocycles. The molecule has 4 nitrogen and oxygen atoms in total. The Kier molecular flexibility index (Phi) is 4.35. The molecule has 0 saturated heterocycles. The molecule has 1 N–H and O–H groups in total. The van der Waals surface area contributed by atoms with Gasteiger partial charge in [0.1, 0.15) is 5.82 Å². The van der Waals surface area contributed by atoms with Crippen LogP contribution >= 0.6 is 11.3 Å². The molecule has 1 aliphatic heterocycles. The molecule has 9 heteroatoms. The Morgan fingerprint density at radius 2 is 1.77 bits per heavy atom. The number of thiazole rings is 1. The Hall–Kier alpha value is -2.00. The maximum atomic E-state index is 13.6. The van der Waals surface area contributed by atoms with Crippen LogP contribution in [0.1, 0.15) is 27.2 Å². The number of hydrogen-bond acceptors (Lipinski definition) is 5. The molecule has 2 heterocycles. The average molecular weight is 387 g/mol. The van der Waals surface area contributed by atoms with Crippen LogP contribution in [0.3, 0.4) is 0 Å². The fourth-order valence-corrected chi connectivity index (χ4v) is 3.35. The van der Waals surface area contributed by atoms with Crippen LogP contribution in [0, 0.1) is 11.2 Å². The van der Waals surface area contributed by atoms with Crippen molar-refractivity contribution in [3.05, 3.63) is 35.5 Å². The lowest BCUT2D eigenvalue weighted by Crippen LogP contribution is -2.55. The van der Waals surface area contributed by atoms with E-state index in [4.69, 9.17) is 0 Å². The summed E-state index contributed by atoms with van der Waals surface area (Å²) in [6, 6.07) is 5.45. The highest BCUT2D eigenvalue weighted by Gasteiger charge is 2.63. The smallest absolute Gasteiger partial charge is 0.362 e. The van der Waals surface area contributed by atoms with E-state index in [2.05, 4.69) is 10.1 Å². The number of alkyl halides is 3. The second-order valence-corrected chi connectivity index (χ2v) is 7.96. The number of benzene rings is 1. The van der Waals surface area contributed by atoms with Crippen molar-refractivity contribution < 1.29 is 22.7 Å². The van der Waals surface area contributed by atoms with E-state index in [-0.39, 0.29) is 10.8 Å². The van der Waals surface area contributed by atoms with Crippen LogP contribution in [0.5, 0.6) is 0 Å². The molecule has 1 aliphatic rings. The third-order valence-electron chi connectivity index (χ3n) is 4.12. The highest BCUT2D eigenvalue weighted by atomic mass is 32.1. The Morgan fingerprint density at radius 1 is 1.15 bits per heavy atom. The van der Waals surface area contributed by atoms with Crippen molar-refractivity contribution >= 4 is 22.2 Å². The molecule has 1 aromatic heterocycles. The molecule has 0 aliphatic carbocycles. The van der Waals surface area contributed by atoms with Gasteiger partial charge in [-0.3, -0.25) is 0 Å². The summed E-state index contributed by atoms with van der Waals surface area (Å²) in [4.78, 5) is 4.17. The van der Waals surface area contributed by atoms with Gasteiger partial charge in [0.25, 0.3) is 5.72 Å². The first kappa shape index (κ1) is 18.8. The van der Waals surface area contributed by atoms with Crippen molar-refractivity contribution in [1.29, 1.82) is 0 Å². The molecular formula is C17H17F4N3OS. The van der Waals surface area contributed by atoms with Crippen LogP contribution < -0.4 is 5.01 Å². The summed E-state index contributed by atoms with van der Waals surface area (Å²) in [7, 11) is 0. The summed E-state index contributed by atoms with van der Waals surface area (Å²) in [5.41, 5.74) is -2.60. The van der Waals surface area contributed by atoms with E-state index in [1.165, 1.54) is 24.3 Å². The molecule has 0 radical (unpaired) electrons. The first-order valence-corrected chi connectivity index (χ1v) is 8.68. The lowest BCUT2D eigenvalue weighted by Gasteiger charge is -2.32. The molecule has 0 bridgehead atoms. The summed E-state index contributed by atoms with van der Waals surface area (Å²) in [5.74, 6) is -0.422. The highest BCUT2D eigenvalue weighted by molar-refractivity contribution is 7.14. The predicted octanol–water partition coefficient (Wildman–Crippen LogP) is 4.81. The largest absolute Gasteiger partial charge is 0.438 e. The lowest BCUT2D eigenvalue weighted by atomic mass is 9.86. The molecule has 1 aromatic carbocycles. The molecule has 0 amide bonds. The number of anilines is 1. The monoisotopic (exact) mass is 387 g/mol. The molecule has 1 atom stereocenters. The third kappa shape index (κ3) is 3.21. The van der Waals surface area contributed by atoms with Gasteiger partial charge in [0, 0.05) is 28.5 Å². The Morgan fingerprint density at radius 3 is 2.31 bits per heavy atom. The minimum Gasteiger partial charge on any atom is -0.362 e. The van der Waals surface area contributed by atoms with Gasteiger partial charge in [-0.05, 0) is 24.3 Å². The summed E-state index contributed by atoms with van der Waals surface area (Å²) in [5, 5.41) is 16.4. The molecule has 0 spiro atoms. The predicted molar refractivity (Wildman–Crippen MR) is 92.5 cm³/mol. The zero-order valence-electron chi connectivity index (χ0n) is 14.3. The number of aliphatic hydroxyl groups is 1. The van der Waals surface area contributed by atoms with Crippen molar-refractivity contribution in [3.63, 3.8) is 0 Å². The van der Waals surface area contributed by atoms with Crippen molar-refractivity contribution in [2.75, 3.05) is 5.01 Å². The van der Waals surface area contributed by atoms with Gasteiger partial charge in [0.15, 0.2) is 0 Å². The fourth-order valence-electron chi connectivity index (χ4n) is 2.50. The van der Waals surface area contributed by atoms with Crippen molar-refractivity contribution in [2.24, 2.45) is 10.5 Å². The van der Waals surface area contributed by atoms with E-state index >= 15 is 0 Å². The first-order chi connectivity index (χ1) is 11.9. The van der Waals surface area contributed by atoms with Gasteiger partial charge < -0.3 is 5.11 Å². The SMILES string of the molecule is CC(C)(C)C1=NN(c2nc(-c3ccc(F)cc3)cs2)[C@@](O)(C(F)(F)F)C1. The number of halogens is 4. The van der Waals surface area contributed by atoms with Gasteiger partial charge in [-0.1, -0.05) is 20.8 Å². The number of rotatable bonds is 2. The Balaban J connectivity index is 2.02. The summed E-state index contributed by atoms with van der Waals surface area (Å²) >= 11 is 0.931. The minimum absolute atomic E-state index is 0.0802. The van der Waals surface area contributed by atoms with E-state index in [0.29, 0.717) is 16.3 Å². The molecule has 0 fully saturated rings. The Labute approximate surface area is 151 Å². The summed E-state index contributed by atoms with van der Waals surface area (Å²) in [6.07, 6.45) is -5.56. The zero-order chi connectivity index (χ0) is 19.3. The molecule has 3 rings (SSSR count). The molecular weight excluding hydrogens is 370 g/mol. The van der Waals surface area contributed by atoms with Crippen LogP contribution in [-0.4, -0.2) is 27.7 Å². The number of nitrogens with zero attached hydrogens (tertiary/aromatic N) is 3. The van der Waals surface area contributed by atoms with E-state index in [1.54, 1.807) is 26.2 Å². The van der Waals surface area contributed by atoms with E-state index < -0.39 is 29.6 Å². The first-order valence-electron chi connectivity index (χ1n) is 7.80. The number of hydrogen-bond donors (Lipinski definition) is 1. The molecule has 0 unspecified atom stereocenters. The van der Waals surface area contributed by atoms with Gasteiger partial charge in [-0.15, -0.1) is 11.3 Å². The second kappa shape index (κ2) is 6.02. The van der Waals surface area contributed by atoms with Gasteiger partial charge in [0.05, 0.1) is 5.69 Å². The zero-order valence-corrected chi connectivity index (χ0v) is 15.1. The fraction of sp³-hybridized carbons (Fsp3) is 0.412. The van der Waals surface area contributed by atoms with Crippen LogP contribution in [0.4, 0.5) is 22.7 Å². The van der Waals surface area contributed by atoms with E-state index in [0.717, 1.165) is 11.3 Å². The van der Waals surface area contributed by atoms with Crippen molar-refractivity contribution in [3.8, 4) is 11.3 Å². The number of aromatic nitrogens is 1. The Bertz CT molecular complexity index is 839. The second-order valence-electron chi connectivity index (χ2n) is 7.12. The summed E-state index contributed by atoms with van der Waals surface area (Å²) < 4.78 is 53.8. The van der Waals surface area contributed by atoms with Gasteiger partial charge in [-0.2, -0.15) is 23.3 Å².